The van der Waals surface area contributed by atoms with Crippen LogP contribution in [-0.4, -0.2) is 26.9 Å². The predicted molar refractivity (Wildman–Crippen MR) is 107 cm³/mol. The maximum absolute atomic E-state index is 12.8. The van der Waals surface area contributed by atoms with Crippen molar-refractivity contribution in [1.29, 1.82) is 0 Å². The SMILES string of the molecule is CC(C)(O)c1csc(S(N)(=O)=NC(=O)Nc2c3c(cc4c2OCC4)CCC3)n1. The van der Waals surface area contributed by atoms with Crippen LogP contribution in [0.4, 0.5) is 10.5 Å². The molecular weight excluding hydrogens is 400 g/mol. The summed E-state index contributed by atoms with van der Waals surface area (Å²) in [6.45, 7) is 3.69. The smallest absolute Gasteiger partial charge is 0.355 e. The first kappa shape index (κ1) is 19.3. The highest BCUT2D eigenvalue weighted by Gasteiger charge is 2.27. The first-order chi connectivity index (χ1) is 13.1. The number of benzene rings is 1. The first-order valence-electron chi connectivity index (χ1n) is 9.00. The molecule has 1 unspecified atom stereocenters. The number of rotatable bonds is 3. The van der Waals surface area contributed by atoms with Crippen LogP contribution in [0.15, 0.2) is 20.1 Å². The highest BCUT2D eigenvalue weighted by Crippen LogP contribution is 2.42. The number of anilines is 1. The van der Waals surface area contributed by atoms with Gasteiger partial charge in [-0.15, -0.1) is 15.7 Å². The van der Waals surface area contributed by atoms with E-state index < -0.39 is 21.5 Å². The number of carbonyl (C=O) groups is 1. The number of fused-ring (bicyclic) bond motifs is 2. The molecule has 1 atom stereocenters. The minimum absolute atomic E-state index is 0.000422. The van der Waals surface area contributed by atoms with Crippen LogP contribution in [0.1, 0.15) is 42.7 Å². The van der Waals surface area contributed by atoms with Crippen LogP contribution in [0.2, 0.25) is 0 Å². The molecule has 1 aliphatic carbocycles. The van der Waals surface area contributed by atoms with Crippen LogP contribution in [0.5, 0.6) is 5.75 Å². The summed E-state index contributed by atoms with van der Waals surface area (Å²) in [7, 11) is -3.53. The van der Waals surface area contributed by atoms with Gasteiger partial charge in [-0.3, -0.25) is 0 Å². The van der Waals surface area contributed by atoms with Crippen LogP contribution in [0.3, 0.4) is 0 Å². The summed E-state index contributed by atoms with van der Waals surface area (Å²) in [6, 6.07) is 1.35. The van der Waals surface area contributed by atoms with Gasteiger partial charge in [0.05, 0.1) is 18.0 Å². The van der Waals surface area contributed by atoms with Crippen molar-refractivity contribution in [3.63, 3.8) is 0 Å². The minimum atomic E-state index is -3.53. The van der Waals surface area contributed by atoms with Crippen LogP contribution >= 0.6 is 11.3 Å². The summed E-state index contributed by atoms with van der Waals surface area (Å²) in [4.78, 5) is 16.6. The Kier molecular flexibility index (Phi) is 4.69. The van der Waals surface area contributed by atoms with Gasteiger partial charge >= 0.3 is 6.03 Å². The van der Waals surface area contributed by atoms with Gasteiger partial charge in [-0.1, -0.05) is 6.07 Å². The molecule has 150 valence electrons. The van der Waals surface area contributed by atoms with Gasteiger partial charge in [-0.2, -0.15) is 0 Å². The number of thiazole rings is 1. The second-order valence-corrected chi connectivity index (χ2v) is 10.3. The molecule has 0 radical (unpaired) electrons. The van der Waals surface area contributed by atoms with Crippen LogP contribution in [0.25, 0.3) is 0 Å². The summed E-state index contributed by atoms with van der Waals surface area (Å²) < 4.78 is 22.2. The molecule has 2 amide bonds. The molecule has 0 saturated heterocycles. The van der Waals surface area contributed by atoms with E-state index in [2.05, 4.69) is 20.7 Å². The van der Waals surface area contributed by atoms with E-state index in [4.69, 9.17) is 9.88 Å². The van der Waals surface area contributed by atoms with Crippen LogP contribution in [-0.2, 0) is 34.8 Å². The Morgan fingerprint density at radius 1 is 1.39 bits per heavy atom. The maximum atomic E-state index is 12.8. The van der Waals surface area contributed by atoms with Crippen molar-refractivity contribution < 1.29 is 18.8 Å². The van der Waals surface area contributed by atoms with Crippen molar-refractivity contribution in [2.45, 2.75) is 49.5 Å². The molecule has 2 aromatic rings. The average Bonchev–Trinajstić information content (AvgIpc) is 3.33. The molecule has 28 heavy (non-hydrogen) atoms. The molecule has 1 aliphatic heterocycles. The average molecular weight is 423 g/mol. The monoisotopic (exact) mass is 422 g/mol. The number of aryl methyl sites for hydroxylation is 1. The lowest BCUT2D eigenvalue weighted by Crippen LogP contribution is -2.20. The van der Waals surface area contributed by atoms with Gasteiger partial charge in [0.2, 0.25) is 4.34 Å². The van der Waals surface area contributed by atoms with E-state index in [1.165, 1.54) is 5.56 Å². The molecule has 2 aliphatic rings. The van der Waals surface area contributed by atoms with Gasteiger partial charge in [-0.25, -0.2) is 19.1 Å². The van der Waals surface area contributed by atoms with Crippen molar-refractivity contribution in [3.8, 4) is 5.75 Å². The van der Waals surface area contributed by atoms with Crippen molar-refractivity contribution in [2.24, 2.45) is 9.50 Å². The van der Waals surface area contributed by atoms with Crippen molar-refractivity contribution in [3.05, 3.63) is 33.8 Å². The number of hydrogen-bond donors (Lipinski definition) is 3. The Labute approximate surface area is 167 Å². The Hall–Kier alpha value is -2.01. The number of aliphatic hydroxyl groups is 1. The lowest BCUT2D eigenvalue weighted by atomic mass is 10.0. The third-order valence-corrected chi connectivity index (χ3v) is 7.53. The summed E-state index contributed by atoms with van der Waals surface area (Å²) in [5, 5.41) is 20.1. The molecule has 10 heteroatoms. The number of aromatic nitrogens is 1. The molecule has 2 heterocycles. The zero-order chi connectivity index (χ0) is 20.1. The Morgan fingerprint density at radius 2 is 2.18 bits per heavy atom. The largest absolute Gasteiger partial charge is 0.491 e. The van der Waals surface area contributed by atoms with E-state index in [-0.39, 0.29) is 4.34 Å². The Bertz CT molecular complexity index is 1050. The number of nitrogens with two attached hydrogens (primary N) is 1. The number of nitrogens with one attached hydrogen (secondary N) is 1. The summed E-state index contributed by atoms with van der Waals surface area (Å²) in [6.07, 6.45) is 3.63. The number of nitrogens with zero attached hydrogens (tertiary/aromatic N) is 2. The highest BCUT2D eigenvalue weighted by molar-refractivity contribution is 7.93. The fraction of sp³-hybridized carbons (Fsp3) is 0.444. The molecule has 4 N–H and O–H groups in total. The first-order valence-corrected chi connectivity index (χ1v) is 11.5. The van der Waals surface area contributed by atoms with E-state index in [1.54, 1.807) is 19.2 Å². The molecule has 8 nitrogen and oxygen atoms in total. The van der Waals surface area contributed by atoms with E-state index >= 15 is 0 Å². The lowest BCUT2D eigenvalue weighted by molar-refractivity contribution is 0.0741. The van der Waals surface area contributed by atoms with Gasteiger partial charge in [0.25, 0.3) is 0 Å². The van der Waals surface area contributed by atoms with E-state index in [1.807, 2.05) is 0 Å². The topological polar surface area (TPSA) is 127 Å². The van der Waals surface area contributed by atoms with E-state index in [9.17, 15) is 14.1 Å². The number of amides is 2. The van der Waals surface area contributed by atoms with Crippen molar-refractivity contribution in [1.82, 2.24) is 4.98 Å². The van der Waals surface area contributed by atoms with Gasteiger partial charge in [0, 0.05) is 11.8 Å². The molecule has 0 bridgehead atoms. The summed E-state index contributed by atoms with van der Waals surface area (Å²) >= 11 is 1.00. The fourth-order valence-corrected chi connectivity index (χ4v) is 5.61. The van der Waals surface area contributed by atoms with Crippen molar-refractivity contribution >= 4 is 33.0 Å². The fourth-order valence-electron chi connectivity index (χ4n) is 3.50. The molecule has 1 aromatic heterocycles. The normalized spacial score (nSPS) is 17.4. The second kappa shape index (κ2) is 6.80. The molecular formula is C18H22N4O4S2. The lowest BCUT2D eigenvalue weighted by Gasteiger charge is -2.14. The standard InChI is InChI=1S/C18H22N4O4S2/c1-18(2,24)13-9-27-17(20-13)28(19,25)22-16(23)21-14-12-5-3-4-10(12)8-11-6-7-26-15(11)14/h8-9,24H,3-7H2,1-2H3,(H3,19,21,22,23,25). The van der Waals surface area contributed by atoms with Gasteiger partial charge < -0.3 is 15.2 Å². The van der Waals surface area contributed by atoms with Crippen molar-refractivity contribution in [2.75, 3.05) is 11.9 Å². The zero-order valence-corrected chi connectivity index (χ0v) is 17.3. The summed E-state index contributed by atoms with van der Waals surface area (Å²) in [5.41, 5.74) is 3.07. The van der Waals surface area contributed by atoms with E-state index in [0.29, 0.717) is 23.7 Å². The Morgan fingerprint density at radius 3 is 2.89 bits per heavy atom. The quantitative estimate of drug-likeness (QED) is 0.701. The molecule has 0 fully saturated rings. The van der Waals surface area contributed by atoms with Gasteiger partial charge in [-0.05, 0) is 49.8 Å². The molecule has 0 saturated carbocycles. The van der Waals surface area contributed by atoms with Gasteiger partial charge in [0.15, 0.2) is 9.92 Å². The van der Waals surface area contributed by atoms with Crippen LogP contribution in [0, 0.1) is 0 Å². The van der Waals surface area contributed by atoms with E-state index in [0.717, 1.165) is 48.1 Å². The van der Waals surface area contributed by atoms with Crippen LogP contribution < -0.4 is 15.2 Å². The van der Waals surface area contributed by atoms with Gasteiger partial charge in [0.1, 0.15) is 11.4 Å². The molecule has 0 spiro atoms. The number of hydrogen-bond acceptors (Lipinski definition) is 6. The zero-order valence-electron chi connectivity index (χ0n) is 15.7. The number of ether oxygens (including phenoxy) is 1. The number of carbonyl (C=O) groups excluding carboxylic acids is 1. The predicted octanol–water partition coefficient (Wildman–Crippen LogP) is 2.73. The number of urea groups is 1. The highest BCUT2D eigenvalue weighted by atomic mass is 32.2. The second-order valence-electron chi connectivity index (χ2n) is 7.48. The summed E-state index contributed by atoms with van der Waals surface area (Å²) in [5.74, 6) is 0.672. The Balaban J connectivity index is 1.65. The maximum Gasteiger partial charge on any atom is 0.355 e. The third-order valence-electron chi connectivity index (χ3n) is 4.86. The third kappa shape index (κ3) is 3.52. The molecule has 4 rings (SSSR count). The minimum Gasteiger partial charge on any atom is -0.491 e. The molecule has 1 aromatic carbocycles.